The Morgan fingerprint density at radius 3 is 2.76 bits per heavy atom. The van der Waals surface area contributed by atoms with E-state index in [1.165, 1.54) is 0 Å². The molecule has 6 heteroatoms. The molecule has 0 saturated carbocycles. The Morgan fingerprint density at radius 2 is 2.18 bits per heavy atom. The largest absolute Gasteiger partial charge is 0.398 e. The number of hydrogen-bond donors (Lipinski definition) is 1. The Kier molecular flexibility index (Phi) is 4.25. The topological polar surface area (TPSA) is 43.1 Å². The first-order chi connectivity index (χ1) is 8.08. The van der Waals surface area contributed by atoms with Gasteiger partial charge >= 0.3 is 0 Å². The van der Waals surface area contributed by atoms with Gasteiger partial charge < -0.3 is 5.73 Å². The van der Waals surface area contributed by atoms with E-state index in [2.05, 4.69) is 15.9 Å². The van der Waals surface area contributed by atoms with Crippen molar-refractivity contribution in [3.05, 3.63) is 44.0 Å². The molecule has 1 atom stereocenters. The van der Waals surface area contributed by atoms with Gasteiger partial charge in [0.1, 0.15) is 0 Å². The maximum Gasteiger partial charge on any atom is 0.0647 e. The molecule has 2 aromatic rings. The van der Waals surface area contributed by atoms with E-state index in [4.69, 9.17) is 17.3 Å². The van der Waals surface area contributed by atoms with Crippen LogP contribution in [0.15, 0.2) is 39.0 Å². The SMILES string of the molecule is Nc1ccc(S(=O)Cc2sccc2Br)cc1Cl. The normalized spacial score (nSPS) is 12.6. The lowest BCUT2D eigenvalue weighted by Gasteiger charge is -2.04. The van der Waals surface area contributed by atoms with E-state index in [0.717, 1.165) is 9.35 Å². The summed E-state index contributed by atoms with van der Waals surface area (Å²) in [5.41, 5.74) is 6.12. The average molecular weight is 351 g/mol. The van der Waals surface area contributed by atoms with Crippen LogP contribution in [0.5, 0.6) is 0 Å². The molecule has 0 aliphatic heterocycles. The van der Waals surface area contributed by atoms with Crippen molar-refractivity contribution < 1.29 is 4.21 Å². The van der Waals surface area contributed by atoms with Crippen molar-refractivity contribution in [1.29, 1.82) is 0 Å². The molecule has 1 unspecified atom stereocenters. The first-order valence-corrected chi connectivity index (χ1v) is 8.10. The van der Waals surface area contributed by atoms with E-state index in [1.54, 1.807) is 29.5 Å². The van der Waals surface area contributed by atoms with Crippen LogP contribution in [0, 0.1) is 0 Å². The summed E-state index contributed by atoms with van der Waals surface area (Å²) in [6, 6.07) is 7.04. The number of benzene rings is 1. The quantitative estimate of drug-likeness (QED) is 0.848. The third kappa shape index (κ3) is 3.10. The summed E-state index contributed by atoms with van der Waals surface area (Å²) in [6.07, 6.45) is 0. The summed E-state index contributed by atoms with van der Waals surface area (Å²) < 4.78 is 13.1. The highest BCUT2D eigenvalue weighted by Crippen LogP contribution is 2.27. The number of nitrogens with two attached hydrogens (primary N) is 1. The molecular formula is C11H9BrClNOS2. The Hall–Kier alpha value is -0.360. The summed E-state index contributed by atoms with van der Waals surface area (Å²) in [5.74, 6) is 0.485. The highest BCUT2D eigenvalue weighted by atomic mass is 79.9. The van der Waals surface area contributed by atoms with E-state index in [9.17, 15) is 4.21 Å². The minimum atomic E-state index is -1.10. The Balaban J connectivity index is 2.20. The maximum absolute atomic E-state index is 12.1. The van der Waals surface area contributed by atoms with Crippen molar-refractivity contribution in [2.75, 3.05) is 5.73 Å². The highest BCUT2D eigenvalue weighted by molar-refractivity contribution is 9.10. The van der Waals surface area contributed by atoms with Gasteiger partial charge in [0.25, 0.3) is 0 Å². The molecule has 0 bridgehead atoms. The molecule has 0 aliphatic carbocycles. The minimum absolute atomic E-state index is 0.445. The summed E-state index contributed by atoms with van der Waals surface area (Å²) in [4.78, 5) is 1.76. The zero-order valence-electron chi connectivity index (χ0n) is 8.65. The lowest BCUT2D eigenvalue weighted by molar-refractivity contribution is 0.683. The number of halogens is 2. The van der Waals surface area contributed by atoms with Crippen molar-refractivity contribution in [2.24, 2.45) is 0 Å². The molecule has 0 amide bonds. The van der Waals surface area contributed by atoms with E-state index < -0.39 is 10.8 Å². The van der Waals surface area contributed by atoms with Gasteiger partial charge in [-0.2, -0.15) is 0 Å². The van der Waals surface area contributed by atoms with E-state index in [-0.39, 0.29) is 0 Å². The van der Waals surface area contributed by atoms with Crippen LogP contribution in [0.3, 0.4) is 0 Å². The second kappa shape index (κ2) is 5.52. The molecule has 0 fully saturated rings. The molecule has 0 radical (unpaired) electrons. The van der Waals surface area contributed by atoms with Crippen LogP contribution in [0.25, 0.3) is 0 Å². The summed E-state index contributed by atoms with van der Waals surface area (Å²) >= 11 is 10.9. The van der Waals surface area contributed by atoms with Gasteiger partial charge in [0.15, 0.2) is 0 Å². The smallest absolute Gasteiger partial charge is 0.0647 e. The van der Waals surface area contributed by atoms with Gasteiger partial charge in [-0.05, 0) is 45.6 Å². The van der Waals surface area contributed by atoms with Crippen LogP contribution >= 0.6 is 38.9 Å². The molecule has 0 saturated heterocycles. The van der Waals surface area contributed by atoms with E-state index >= 15 is 0 Å². The third-order valence-electron chi connectivity index (χ3n) is 2.19. The van der Waals surface area contributed by atoms with Crippen molar-refractivity contribution in [3.8, 4) is 0 Å². The molecule has 2 rings (SSSR count). The van der Waals surface area contributed by atoms with Crippen LogP contribution in [-0.2, 0) is 16.6 Å². The summed E-state index contributed by atoms with van der Waals surface area (Å²) in [5, 5.41) is 2.41. The second-order valence-electron chi connectivity index (χ2n) is 3.36. The monoisotopic (exact) mass is 349 g/mol. The molecule has 2 nitrogen and oxygen atoms in total. The van der Waals surface area contributed by atoms with Gasteiger partial charge in [-0.3, -0.25) is 4.21 Å². The molecule has 90 valence electrons. The number of thiophene rings is 1. The average Bonchev–Trinajstić information content (AvgIpc) is 2.68. The van der Waals surface area contributed by atoms with Crippen molar-refractivity contribution >= 4 is 55.4 Å². The first kappa shape index (κ1) is 13.1. The lowest BCUT2D eigenvalue weighted by atomic mass is 10.3. The number of anilines is 1. The zero-order valence-corrected chi connectivity index (χ0v) is 12.6. The maximum atomic E-state index is 12.1. The molecule has 0 aliphatic rings. The van der Waals surface area contributed by atoms with E-state index in [0.29, 0.717) is 21.4 Å². The third-order valence-corrected chi connectivity index (χ3v) is 5.96. The van der Waals surface area contributed by atoms with Crippen LogP contribution in [-0.4, -0.2) is 4.21 Å². The summed E-state index contributed by atoms with van der Waals surface area (Å²) in [6.45, 7) is 0. The fourth-order valence-electron chi connectivity index (χ4n) is 1.28. The fourth-order valence-corrected chi connectivity index (χ4v) is 4.61. The highest BCUT2D eigenvalue weighted by Gasteiger charge is 2.10. The predicted octanol–water partition coefficient (Wildman–Crippen LogP) is 4.05. The molecule has 2 N–H and O–H groups in total. The predicted molar refractivity (Wildman–Crippen MR) is 78.0 cm³/mol. The Bertz CT molecular complexity index is 570. The number of rotatable bonds is 3. The van der Waals surface area contributed by atoms with Crippen molar-refractivity contribution in [2.45, 2.75) is 10.6 Å². The standard InChI is InChI=1S/C11H9BrClNOS2/c12-8-3-4-16-11(8)6-17(15)7-1-2-10(14)9(13)5-7/h1-5H,6,14H2. The molecular weight excluding hydrogens is 342 g/mol. The molecule has 1 aromatic heterocycles. The Labute approximate surface area is 119 Å². The minimum Gasteiger partial charge on any atom is -0.398 e. The van der Waals surface area contributed by atoms with Gasteiger partial charge in [0.2, 0.25) is 0 Å². The number of hydrogen-bond acceptors (Lipinski definition) is 3. The Morgan fingerprint density at radius 1 is 1.41 bits per heavy atom. The van der Waals surface area contributed by atoms with Crippen LogP contribution in [0.4, 0.5) is 5.69 Å². The van der Waals surface area contributed by atoms with Gasteiger partial charge in [0.05, 0.1) is 27.3 Å². The lowest BCUT2D eigenvalue weighted by Crippen LogP contribution is -1.96. The second-order valence-corrected chi connectivity index (χ2v) is 7.08. The molecule has 0 spiro atoms. The van der Waals surface area contributed by atoms with Crippen molar-refractivity contribution in [3.63, 3.8) is 0 Å². The zero-order chi connectivity index (χ0) is 12.4. The fraction of sp³-hybridized carbons (Fsp3) is 0.0909. The van der Waals surface area contributed by atoms with Gasteiger partial charge in [-0.15, -0.1) is 11.3 Å². The van der Waals surface area contributed by atoms with Crippen LogP contribution < -0.4 is 5.73 Å². The summed E-state index contributed by atoms with van der Waals surface area (Å²) in [7, 11) is -1.10. The molecule has 1 heterocycles. The van der Waals surface area contributed by atoms with Crippen molar-refractivity contribution in [1.82, 2.24) is 0 Å². The number of nitrogen functional groups attached to an aromatic ring is 1. The van der Waals surface area contributed by atoms with E-state index in [1.807, 2.05) is 11.4 Å². The van der Waals surface area contributed by atoms with Gasteiger partial charge in [-0.1, -0.05) is 11.6 Å². The molecule has 17 heavy (non-hydrogen) atoms. The van der Waals surface area contributed by atoms with Gasteiger partial charge in [0, 0.05) is 14.2 Å². The van der Waals surface area contributed by atoms with Crippen LogP contribution in [0.2, 0.25) is 5.02 Å². The van der Waals surface area contributed by atoms with Crippen LogP contribution in [0.1, 0.15) is 4.88 Å². The first-order valence-electron chi connectivity index (χ1n) is 4.73. The molecule has 1 aromatic carbocycles. The van der Waals surface area contributed by atoms with Gasteiger partial charge in [-0.25, -0.2) is 0 Å².